The van der Waals surface area contributed by atoms with E-state index in [1.165, 1.54) is 0 Å². The lowest BCUT2D eigenvalue weighted by Gasteiger charge is -2.48. The van der Waals surface area contributed by atoms with Gasteiger partial charge in [0.2, 0.25) is 0 Å². The van der Waals surface area contributed by atoms with Crippen molar-refractivity contribution in [3.63, 3.8) is 0 Å². The van der Waals surface area contributed by atoms with Gasteiger partial charge in [-0.2, -0.15) is 0 Å². The molecule has 0 aliphatic carbocycles. The van der Waals surface area contributed by atoms with Crippen LogP contribution < -0.4 is 0 Å². The summed E-state index contributed by atoms with van der Waals surface area (Å²) in [5.41, 5.74) is 0.0426. The van der Waals surface area contributed by atoms with Gasteiger partial charge in [-0.05, 0) is 38.5 Å². The molecule has 2 heterocycles. The van der Waals surface area contributed by atoms with E-state index in [2.05, 4.69) is 18.7 Å². The van der Waals surface area contributed by atoms with Gasteiger partial charge in [0.15, 0.2) is 0 Å². The molecule has 0 amide bonds. The highest BCUT2D eigenvalue weighted by atomic mass is 16.5. The number of aliphatic hydroxyl groups excluding tert-OH is 1. The third-order valence-electron chi connectivity index (χ3n) is 5.11. The van der Waals surface area contributed by atoms with Crippen molar-refractivity contribution in [3.05, 3.63) is 0 Å². The number of aliphatic hydroxyl groups is 1. The van der Waals surface area contributed by atoms with Gasteiger partial charge in [-0.15, -0.1) is 0 Å². The van der Waals surface area contributed by atoms with Gasteiger partial charge in [0.1, 0.15) is 0 Å². The van der Waals surface area contributed by atoms with Gasteiger partial charge in [-0.1, -0.05) is 13.8 Å². The van der Waals surface area contributed by atoms with Crippen LogP contribution in [0.5, 0.6) is 0 Å². The van der Waals surface area contributed by atoms with Crippen LogP contribution >= 0.6 is 0 Å². The second-order valence-corrected chi connectivity index (χ2v) is 6.22. The van der Waals surface area contributed by atoms with Gasteiger partial charge in [0.05, 0.1) is 12.2 Å². The highest BCUT2D eigenvalue weighted by Gasteiger charge is 2.41. The summed E-state index contributed by atoms with van der Waals surface area (Å²) in [6, 6.07) is 1.14. The summed E-state index contributed by atoms with van der Waals surface area (Å²) in [7, 11) is 0. The van der Waals surface area contributed by atoms with E-state index in [0.717, 1.165) is 64.9 Å². The lowest BCUT2D eigenvalue weighted by molar-refractivity contribution is -0.155. The highest BCUT2D eigenvalue weighted by molar-refractivity contribution is 4.93. The Balaban J connectivity index is 2.04. The molecule has 20 heavy (non-hydrogen) atoms. The summed E-state index contributed by atoms with van der Waals surface area (Å²) in [4.78, 5) is 2.54. The third-order valence-corrected chi connectivity index (χ3v) is 5.11. The summed E-state index contributed by atoms with van der Waals surface area (Å²) >= 11 is 0. The van der Waals surface area contributed by atoms with E-state index in [9.17, 15) is 5.11 Å². The largest absolute Gasteiger partial charge is 0.395 e. The first-order valence-corrected chi connectivity index (χ1v) is 8.33. The molecule has 2 fully saturated rings. The van der Waals surface area contributed by atoms with Crippen molar-refractivity contribution >= 4 is 0 Å². The Morgan fingerprint density at radius 3 is 2.50 bits per heavy atom. The highest BCUT2D eigenvalue weighted by Crippen LogP contribution is 2.36. The van der Waals surface area contributed by atoms with E-state index in [4.69, 9.17) is 9.47 Å². The Labute approximate surface area is 123 Å². The first-order chi connectivity index (χ1) is 9.74. The van der Waals surface area contributed by atoms with E-state index in [-0.39, 0.29) is 12.2 Å². The van der Waals surface area contributed by atoms with Crippen LogP contribution in [0.1, 0.15) is 52.4 Å². The number of rotatable bonds is 6. The molecule has 1 atom stereocenters. The van der Waals surface area contributed by atoms with Crippen molar-refractivity contribution in [2.45, 2.75) is 70.1 Å². The van der Waals surface area contributed by atoms with Crippen molar-refractivity contribution in [2.24, 2.45) is 0 Å². The van der Waals surface area contributed by atoms with Gasteiger partial charge in [-0.3, -0.25) is 4.90 Å². The normalized spacial score (nSPS) is 26.6. The Bertz CT molecular complexity index is 269. The molecule has 0 saturated carbocycles. The van der Waals surface area contributed by atoms with E-state index in [0.29, 0.717) is 12.1 Å². The van der Waals surface area contributed by atoms with Gasteiger partial charge in [-0.25, -0.2) is 0 Å². The zero-order chi connectivity index (χ0) is 14.4. The molecule has 1 spiro atoms. The predicted octanol–water partition coefficient (Wildman–Crippen LogP) is 2.20. The Morgan fingerprint density at radius 2 is 1.90 bits per heavy atom. The minimum Gasteiger partial charge on any atom is -0.395 e. The van der Waals surface area contributed by atoms with Crippen LogP contribution in [-0.4, -0.2) is 60.7 Å². The fraction of sp³-hybridized carbons (Fsp3) is 1.00. The summed E-state index contributed by atoms with van der Waals surface area (Å²) in [6.45, 7) is 8.07. The third kappa shape index (κ3) is 3.73. The second kappa shape index (κ2) is 7.74. The van der Waals surface area contributed by atoms with Crippen molar-refractivity contribution in [1.29, 1.82) is 0 Å². The predicted molar refractivity (Wildman–Crippen MR) is 79.9 cm³/mol. The zero-order valence-corrected chi connectivity index (χ0v) is 13.1. The molecular weight excluding hydrogens is 254 g/mol. The molecule has 118 valence electrons. The maximum Gasteiger partial charge on any atom is 0.0741 e. The molecule has 1 unspecified atom stereocenters. The van der Waals surface area contributed by atoms with Crippen LogP contribution in [0.4, 0.5) is 0 Å². The number of hydrogen-bond donors (Lipinski definition) is 1. The maximum absolute atomic E-state index is 9.42. The number of nitrogens with zero attached hydrogens (tertiary/aromatic N) is 1. The van der Waals surface area contributed by atoms with Crippen molar-refractivity contribution in [2.75, 3.05) is 33.0 Å². The maximum atomic E-state index is 9.42. The van der Waals surface area contributed by atoms with Crippen LogP contribution in [0, 0.1) is 0 Å². The first-order valence-electron chi connectivity index (χ1n) is 8.33. The quantitative estimate of drug-likeness (QED) is 0.812. The molecule has 4 nitrogen and oxygen atoms in total. The molecule has 2 aliphatic rings. The fourth-order valence-electron chi connectivity index (χ4n) is 3.91. The van der Waals surface area contributed by atoms with E-state index >= 15 is 0 Å². The zero-order valence-electron chi connectivity index (χ0n) is 13.1. The van der Waals surface area contributed by atoms with Gasteiger partial charge < -0.3 is 14.6 Å². The smallest absolute Gasteiger partial charge is 0.0741 e. The minimum atomic E-state index is 0.0426. The summed E-state index contributed by atoms with van der Waals surface area (Å²) in [5, 5.41) is 9.42. The van der Waals surface area contributed by atoms with Gasteiger partial charge in [0.25, 0.3) is 0 Å². The second-order valence-electron chi connectivity index (χ2n) is 6.22. The van der Waals surface area contributed by atoms with E-state index < -0.39 is 0 Å². The van der Waals surface area contributed by atoms with Crippen LogP contribution in [0.25, 0.3) is 0 Å². The molecule has 2 aliphatic heterocycles. The van der Waals surface area contributed by atoms with E-state index in [1.807, 2.05) is 0 Å². The average Bonchev–Trinajstić information content (AvgIpc) is 2.48. The lowest BCUT2D eigenvalue weighted by atomic mass is 9.83. The topological polar surface area (TPSA) is 41.9 Å². The molecule has 2 rings (SSSR count). The summed E-state index contributed by atoms with van der Waals surface area (Å²) in [6.07, 6.45) is 6.57. The van der Waals surface area contributed by atoms with Crippen LogP contribution in [0.15, 0.2) is 0 Å². The van der Waals surface area contributed by atoms with Gasteiger partial charge in [0, 0.05) is 38.4 Å². The first kappa shape index (κ1) is 16.2. The average molecular weight is 285 g/mol. The minimum absolute atomic E-state index is 0.0426. The molecule has 0 aromatic heterocycles. The van der Waals surface area contributed by atoms with E-state index in [1.54, 1.807) is 0 Å². The fourth-order valence-corrected chi connectivity index (χ4v) is 3.91. The van der Waals surface area contributed by atoms with Crippen LogP contribution in [0.3, 0.4) is 0 Å². The lowest BCUT2D eigenvalue weighted by Crippen LogP contribution is -2.54. The Morgan fingerprint density at radius 1 is 1.20 bits per heavy atom. The molecular formula is C16H31NO3. The molecule has 0 aromatic rings. The molecule has 0 radical (unpaired) electrons. The Hall–Kier alpha value is -0.160. The standard InChI is InChI=1S/C16H31NO3/c1-3-14(4-2)17(8-9-18)15-5-10-20-16(13-15)6-11-19-12-7-16/h14-15,18H,3-13H2,1-2H3. The number of ether oxygens (including phenoxy) is 2. The van der Waals surface area contributed by atoms with Gasteiger partial charge >= 0.3 is 0 Å². The number of hydrogen-bond acceptors (Lipinski definition) is 4. The Kier molecular flexibility index (Phi) is 6.27. The monoisotopic (exact) mass is 285 g/mol. The van der Waals surface area contributed by atoms with Crippen molar-refractivity contribution in [3.8, 4) is 0 Å². The molecule has 2 saturated heterocycles. The van der Waals surface area contributed by atoms with Crippen molar-refractivity contribution in [1.82, 2.24) is 4.90 Å². The summed E-state index contributed by atoms with van der Waals surface area (Å²) < 4.78 is 11.6. The molecule has 1 N–H and O–H groups in total. The SMILES string of the molecule is CCC(CC)N(CCO)C1CCOC2(CCOCC2)C1. The van der Waals surface area contributed by atoms with Crippen molar-refractivity contribution < 1.29 is 14.6 Å². The molecule has 0 bridgehead atoms. The molecule has 0 aromatic carbocycles. The van der Waals surface area contributed by atoms with Crippen LogP contribution in [-0.2, 0) is 9.47 Å². The van der Waals surface area contributed by atoms with Crippen LogP contribution in [0.2, 0.25) is 0 Å². The molecule has 4 heteroatoms. The summed E-state index contributed by atoms with van der Waals surface area (Å²) in [5.74, 6) is 0.